The zero-order chi connectivity index (χ0) is 19.6. The number of benzene rings is 1. The molecule has 0 aliphatic carbocycles. The fraction of sp³-hybridized carbons (Fsp3) is 0.409. The Morgan fingerprint density at radius 3 is 2.68 bits per heavy atom. The van der Waals surface area contributed by atoms with Gasteiger partial charge in [-0.2, -0.15) is 5.10 Å². The van der Waals surface area contributed by atoms with Gasteiger partial charge in [-0.05, 0) is 31.4 Å². The van der Waals surface area contributed by atoms with E-state index in [1.165, 1.54) is 0 Å². The highest BCUT2D eigenvalue weighted by atomic mass is 16.2. The summed E-state index contributed by atoms with van der Waals surface area (Å²) in [5, 5.41) is 6.90. The van der Waals surface area contributed by atoms with E-state index in [0.29, 0.717) is 31.7 Å². The van der Waals surface area contributed by atoms with Crippen LogP contribution < -0.4 is 0 Å². The minimum Gasteiger partial charge on any atom is -0.338 e. The molecule has 2 aliphatic rings. The molecule has 146 valence electrons. The molecule has 2 saturated heterocycles. The fourth-order valence-corrected chi connectivity index (χ4v) is 4.24. The number of aryl methyl sites for hydroxylation is 1. The maximum Gasteiger partial charge on any atom is 0.274 e. The number of rotatable bonds is 4. The number of nitrogens with one attached hydrogen (secondary N) is 1. The second kappa shape index (κ2) is 7.62. The van der Waals surface area contributed by atoms with E-state index in [0.717, 1.165) is 30.6 Å². The molecule has 0 unspecified atom stereocenters. The predicted molar refractivity (Wildman–Crippen MR) is 108 cm³/mol. The Morgan fingerprint density at radius 2 is 2.00 bits per heavy atom. The van der Waals surface area contributed by atoms with E-state index < -0.39 is 0 Å². The first kappa shape index (κ1) is 18.5. The Hall–Kier alpha value is -2.89. The second-order valence-electron chi connectivity index (χ2n) is 7.99. The number of carbonyl (C=O) groups is 2. The van der Waals surface area contributed by atoms with Gasteiger partial charge >= 0.3 is 0 Å². The van der Waals surface area contributed by atoms with Gasteiger partial charge in [0.15, 0.2) is 0 Å². The summed E-state index contributed by atoms with van der Waals surface area (Å²) >= 11 is 0. The van der Waals surface area contributed by atoms with Crippen molar-refractivity contribution in [2.24, 2.45) is 5.41 Å². The van der Waals surface area contributed by atoms with Crippen LogP contribution in [0.1, 0.15) is 41.0 Å². The van der Waals surface area contributed by atoms with Gasteiger partial charge in [-0.3, -0.25) is 14.7 Å². The SMILES string of the molecule is Cc1cc(C(=O)N2CCC3(CC2)CC(=O)N(C/C=C/c2ccccc2)C3)n[nH]1. The third-order valence-electron chi connectivity index (χ3n) is 5.88. The number of hydrogen-bond donors (Lipinski definition) is 1. The molecule has 0 radical (unpaired) electrons. The predicted octanol–water partition coefficient (Wildman–Crippen LogP) is 2.89. The number of nitrogens with zero attached hydrogens (tertiary/aromatic N) is 3. The summed E-state index contributed by atoms with van der Waals surface area (Å²) in [5.74, 6) is 0.201. The average molecular weight is 378 g/mol. The minimum atomic E-state index is -0.0221. The van der Waals surface area contributed by atoms with E-state index in [2.05, 4.69) is 34.5 Å². The van der Waals surface area contributed by atoms with Crippen molar-refractivity contribution < 1.29 is 9.59 Å². The van der Waals surface area contributed by atoms with Gasteiger partial charge < -0.3 is 9.80 Å². The van der Waals surface area contributed by atoms with E-state index in [-0.39, 0.29) is 17.2 Å². The Labute approximate surface area is 165 Å². The van der Waals surface area contributed by atoms with Gasteiger partial charge in [0, 0.05) is 43.7 Å². The maximum absolute atomic E-state index is 12.6. The summed E-state index contributed by atoms with van der Waals surface area (Å²) in [4.78, 5) is 28.9. The van der Waals surface area contributed by atoms with Crippen molar-refractivity contribution in [3.05, 3.63) is 59.4 Å². The highest BCUT2D eigenvalue weighted by Gasteiger charge is 2.45. The number of hydrogen-bond acceptors (Lipinski definition) is 3. The third-order valence-corrected chi connectivity index (χ3v) is 5.88. The van der Waals surface area contributed by atoms with Crippen LogP contribution in [0.25, 0.3) is 6.08 Å². The van der Waals surface area contributed by atoms with Crippen molar-refractivity contribution in [1.29, 1.82) is 0 Å². The first-order chi connectivity index (χ1) is 13.5. The molecule has 4 rings (SSSR count). The molecule has 0 saturated carbocycles. The first-order valence-electron chi connectivity index (χ1n) is 9.85. The van der Waals surface area contributed by atoms with Crippen LogP contribution in [0.3, 0.4) is 0 Å². The Bertz CT molecular complexity index is 879. The van der Waals surface area contributed by atoms with Gasteiger partial charge in [0.1, 0.15) is 5.69 Å². The zero-order valence-electron chi connectivity index (χ0n) is 16.2. The number of aromatic nitrogens is 2. The Morgan fingerprint density at radius 1 is 1.25 bits per heavy atom. The lowest BCUT2D eigenvalue weighted by molar-refractivity contribution is -0.127. The van der Waals surface area contributed by atoms with Gasteiger partial charge in [-0.15, -0.1) is 0 Å². The quantitative estimate of drug-likeness (QED) is 0.889. The van der Waals surface area contributed by atoms with Crippen LogP contribution in [0.2, 0.25) is 0 Å². The number of aromatic amines is 1. The van der Waals surface area contributed by atoms with Crippen molar-refractivity contribution in [2.45, 2.75) is 26.2 Å². The molecule has 6 nitrogen and oxygen atoms in total. The van der Waals surface area contributed by atoms with Crippen molar-refractivity contribution in [3.63, 3.8) is 0 Å². The standard InChI is InChI=1S/C22H26N4O2/c1-17-14-19(24-23-17)21(28)25-12-9-22(10-13-25)15-20(27)26(16-22)11-5-8-18-6-3-2-4-7-18/h2-8,14H,9-13,15-16H2,1H3,(H,23,24)/b8-5+. The summed E-state index contributed by atoms with van der Waals surface area (Å²) in [6, 6.07) is 11.9. The summed E-state index contributed by atoms with van der Waals surface area (Å²) in [6.45, 7) is 4.69. The van der Waals surface area contributed by atoms with E-state index >= 15 is 0 Å². The topological polar surface area (TPSA) is 69.3 Å². The third kappa shape index (κ3) is 3.86. The lowest BCUT2D eigenvalue weighted by atomic mass is 9.77. The fourth-order valence-electron chi connectivity index (χ4n) is 4.24. The smallest absolute Gasteiger partial charge is 0.274 e. The molecule has 3 heterocycles. The van der Waals surface area contributed by atoms with Crippen molar-refractivity contribution in [1.82, 2.24) is 20.0 Å². The molecule has 2 fully saturated rings. The van der Waals surface area contributed by atoms with Gasteiger partial charge in [-0.1, -0.05) is 42.5 Å². The first-order valence-corrected chi connectivity index (χ1v) is 9.85. The van der Waals surface area contributed by atoms with Crippen molar-refractivity contribution in [3.8, 4) is 0 Å². The number of carbonyl (C=O) groups excluding carboxylic acids is 2. The molecule has 1 aromatic carbocycles. The highest BCUT2D eigenvalue weighted by molar-refractivity contribution is 5.92. The van der Waals surface area contributed by atoms with Crippen LogP contribution in [0.15, 0.2) is 42.5 Å². The maximum atomic E-state index is 12.6. The van der Waals surface area contributed by atoms with Crippen LogP contribution in [0, 0.1) is 12.3 Å². The van der Waals surface area contributed by atoms with Gasteiger partial charge in [0.25, 0.3) is 5.91 Å². The average Bonchev–Trinajstić information content (AvgIpc) is 3.26. The van der Waals surface area contributed by atoms with Crippen molar-refractivity contribution >= 4 is 17.9 Å². The summed E-state index contributed by atoms with van der Waals surface area (Å²) in [5.41, 5.74) is 2.51. The van der Waals surface area contributed by atoms with Crippen LogP contribution in [0.4, 0.5) is 0 Å². The molecule has 1 N–H and O–H groups in total. The zero-order valence-corrected chi connectivity index (χ0v) is 16.2. The van der Waals surface area contributed by atoms with Gasteiger partial charge in [0.2, 0.25) is 5.91 Å². The summed E-state index contributed by atoms with van der Waals surface area (Å²) in [7, 11) is 0. The lowest BCUT2D eigenvalue weighted by Crippen LogP contribution is -2.44. The molecule has 0 bridgehead atoms. The van der Waals surface area contributed by atoms with Crippen molar-refractivity contribution in [2.75, 3.05) is 26.2 Å². The second-order valence-corrected chi connectivity index (χ2v) is 7.99. The van der Waals surface area contributed by atoms with E-state index in [4.69, 9.17) is 0 Å². The van der Waals surface area contributed by atoms with Crippen LogP contribution >= 0.6 is 0 Å². The van der Waals surface area contributed by atoms with E-state index in [1.54, 1.807) is 6.07 Å². The van der Waals surface area contributed by atoms with Crippen LogP contribution in [-0.4, -0.2) is 58.0 Å². The van der Waals surface area contributed by atoms with E-state index in [1.807, 2.05) is 34.9 Å². The number of likely N-dealkylation sites (tertiary alicyclic amines) is 2. The monoisotopic (exact) mass is 378 g/mol. The Kier molecular flexibility index (Phi) is 5.03. The summed E-state index contributed by atoms with van der Waals surface area (Å²) < 4.78 is 0. The van der Waals surface area contributed by atoms with E-state index in [9.17, 15) is 9.59 Å². The van der Waals surface area contributed by atoms with Gasteiger partial charge in [-0.25, -0.2) is 0 Å². The minimum absolute atomic E-state index is 0.00986. The van der Waals surface area contributed by atoms with Crippen LogP contribution in [0.5, 0.6) is 0 Å². The van der Waals surface area contributed by atoms with Gasteiger partial charge in [0.05, 0.1) is 0 Å². The molecule has 1 spiro atoms. The molecule has 1 aromatic heterocycles. The molecule has 2 amide bonds. The molecule has 0 atom stereocenters. The highest BCUT2D eigenvalue weighted by Crippen LogP contribution is 2.41. The Balaban J connectivity index is 1.32. The lowest BCUT2D eigenvalue weighted by Gasteiger charge is -2.38. The number of H-pyrrole nitrogens is 1. The number of piperidine rings is 1. The molecule has 2 aliphatic heterocycles. The molecular formula is C22H26N4O2. The largest absolute Gasteiger partial charge is 0.338 e. The molecular weight excluding hydrogens is 352 g/mol. The normalized spacial score (nSPS) is 19.1. The molecule has 6 heteroatoms. The number of amides is 2. The molecule has 2 aromatic rings. The molecule has 28 heavy (non-hydrogen) atoms. The summed E-state index contributed by atoms with van der Waals surface area (Å²) in [6.07, 6.45) is 6.45. The van der Waals surface area contributed by atoms with Crippen LogP contribution in [-0.2, 0) is 4.79 Å².